The summed E-state index contributed by atoms with van der Waals surface area (Å²) in [6.45, 7) is 5.37. The highest BCUT2D eigenvalue weighted by atomic mass is 16.5. The number of hydrogen-bond donors (Lipinski definition) is 2. The van der Waals surface area contributed by atoms with Gasteiger partial charge >= 0.3 is 0 Å². The number of phenols is 1. The highest BCUT2D eigenvalue weighted by molar-refractivity contribution is 5.51. The molecular weight excluding hydrogens is 322 g/mol. The first-order chi connectivity index (χ1) is 12.8. The number of ether oxygens (including phenoxy) is 1. The molecule has 0 bridgehead atoms. The Morgan fingerprint density at radius 2 is 1.96 bits per heavy atom. The summed E-state index contributed by atoms with van der Waals surface area (Å²) in [6, 6.07) is 15.0. The SMILES string of the molecule is CCC[NH+]1CCC[C@@H]2Cc3c(ccc(OCc4ccccc4)c3O)C[C@H]21. The number of benzene rings is 2. The Morgan fingerprint density at radius 1 is 1.12 bits per heavy atom. The quantitative estimate of drug-likeness (QED) is 0.867. The normalized spacial score (nSPS) is 24.6. The zero-order chi connectivity index (χ0) is 17.9. The van der Waals surface area contributed by atoms with Gasteiger partial charge in [0.1, 0.15) is 6.61 Å². The van der Waals surface area contributed by atoms with Gasteiger partial charge in [0.2, 0.25) is 0 Å². The smallest absolute Gasteiger partial charge is 0.161 e. The van der Waals surface area contributed by atoms with E-state index in [4.69, 9.17) is 4.74 Å². The van der Waals surface area contributed by atoms with Crippen LogP contribution in [0.5, 0.6) is 11.5 Å². The molecule has 0 radical (unpaired) electrons. The van der Waals surface area contributed by atoms with Crippen molar-refractivity contribution < 1.29 is 14.7 Å². The van der Waals surface area contributed by atoms with E-state index in [0.717, 1.165) is 30.0 Å². The number of phenolic OH excluding ortho intramolecular Hbond substituents is 1. The van der Waals surface area contributed by atoms with E-state index in [1.807, 2.05) is 36.4 Å². The molecule has 1 heterocycles. The van der Waals surface area contributed by atoms with Gasteiger partial charge in [0.05, 0.1) is 19.1 Å². The van der Waals surface area contributed by atoms with Gasteiger partial charge < -0.3 is 14.7 Å². The van der Waals surface area contributed by atoms with Crippen LogP contribution in [0.4, 0.5) is 0 Å². The average Bonchev–Trinajstić information content (AvgIpc) is 2.68. The van der Waals surface area contributed by atoms with Crippen LogP contribution in [0.3, 0.4) is 0 Å². The van der Waals surface area contributed by atoms with Gasteiger partial charge in [0, 0.05) is 17.9 Å². The molecule has 1 aliphatic heterocycles. The minimum Gasteiger partial charge on any atom is -0.504 e. The van der Waals surface area contributed by atoms with Crippen molar-refractivity contribution in [3.8, 4) is 11.5 Å². The molecule has 3 atom stereocenters. The van der Waals surface area contributed by atoms with Gasteiger partial charge in [-0.2, -0.15) is 0 Å². The van der Waals surface area contributed by atoms with Crippen LogP contribution in [0.1, 0.15) is 42.9 Å². The van der Waals surface area contributed by atoms with Crippen LogP contribution >= 0.6 is 0 Å². The third-order valence-electron chi connectivity index (χ3n) is 6.22. The molecule has 2 aromatic rings. The lowest BCUT2D eigenvalue weighted by Crippen LogP contribution is -3.18. The molecule has 1 saturated heterocycles. The number of likely N-dealkylation sites (tertiary alicyclic amines) is 1. The number of piperidine rings is 1. The summed E-state index contributed by atoms with van der Waals surface area (Å²) < 4.78 is 5.93. The minimum atomic E-state index is 0.375. The van der Waals surface area contributed by atoms with Crippen molar-refractivity contribution in [2.75, 3.05) is 13.1 Å². The van der Waals surface area contributed by atoms with E-state index in [1.165, 1.54) is 37.9 Å². The topological polar surface area (TPSA) is 33.9 Å². The number of fused-ring (bicyclic) bond motifs is 2. The van der Waals surface area contributed by atoms with E-state index in [9.17, 15) is 5.11 Å². The van der Waals surface area contributed by atoms with Crippen LogP contribution in [0.25, 0.3) is 0 Å². The van der Waals surface area contributed by atoms with E-state index >= 15 is 0 Å². The molecule has 0 aromatic heterocycles. The van der Waals surface area contributed by atoms with Crippen LogP contribution in [-0.4, -0.2) is 24.2 Å². The van der Waals surface area contributed by atoms with Crippen molar-refractivity contribution >= 4 is 0 Å². The second-order valence-corrected chi connectivity index (χ2v) is 7.90. The summed E-state index contributed by atoms with van der Waals surface area (Å²) in [6.07, 6.45) is 5.97. The van der Waals surface area contributed by atoms with Gasteiger partial charge in [-0.25, -0.2) is 0 Å². The molecule has 2 aromatic carbocycles. The molecular formula is C23H30NO2+. The van der Waals surface area contributed by atoms with Gasteiger partial charge in [-0.05, 0) is 42.9 Å². The van der Waals surface area contributed by atoms with Crippen LogP contribution in [0.15, 0.2) is 42.5 Å². The minimum absolute atomic E-state index is 0.375. The lowest BCUT2D eigenvalue weighted by atomic mass is 9.75. The third kappa shape index (κ3) is 3.45. The number of quaternary nitrogens is 1. The Kier molecular flexibility index (Phi) is 5.16. The van der Waals surface area contributed by atoms with E-state index < -0.39 is 0 Å². The fourth-order valence-electron chi connectivity index (χ4n) is 4.92. The Labute approximate surface area is 156 Å². The molecule has 0 saturated carbocycles. The largest absolute Gasteiger partial charge is 0.504 e. The molecule has 2 aliphatic rings. The first kappa shape index (κ1) is 17.4. The first-order valence-electron chi connectivity index (χ1n) is 10.1. The summed E-state index contributed by atoms with van der Waals surface area (Å²) in [5.74, 6) is 1.70. The van der Waals surface area contributed by atoms with Crippen molar-refractivity contribution in [1.29, 1.82) is 0 Å². The zero-order valence-electron chi connectivity index (χ0n) is 15.7. The number of rotatable bonds is 5. The van der Waals surface area contributed by atoms with Crippen LogP contribution in [0, 0.1) is 5.92 Å². The standard InChI is InChI=1S/C23H29NO2/c1-2-12-24-13-6-9-19-14-20-18(15-21(19)24)10-11-22(23(20)25)26-16-17-7-4-3-5-8-17/h3-5,7-8,10-11,19,21,25H,2,6,9,12-16H2,1H3/p+1/t19-,21-/m1/s1. The monoisotopic (exact) mass is 352 g/mol. The summed E-state index contributed by atoms with van der Waals surface area (Å²) in [4.78, 5) is 1.78. The highest BCUT2D eigenvalue weighted by Crippen LogP contribution is 2.39. The molecule has 3 heteroatoms. The maximum atomic E-state index is 10.8. The van der Waals surface area contributed by atoms with E-state index in [0.29, 0.717) is 24.0 Å². The molecule has 1 fully saturated rings. The molecule has 2 N–H and O–H groups in total. The van der Waals surface area contributed by atoms with Crippen molar-refractivity contribution in [1.82, 2.24) is 0 Å². The number of nitrogens with one attached hydrogen (secondary N) is 1. The molecule has 1 aliphatic carbocycles. The fraction of sp³-hybridized carbons (Fsp3) is 0.478. The Bertz CT molecular complexity index is 741. The number of aromatic hydroxyl groups is 1. The zero-order valence-corrected chi connectivity index (χ0v) is 15.7. The fourth-order valence-corrected chi connectivity index (χ4v) is 4.92. The molecule has 1 unspecified atom stereocenters. The van der Waals surface area contributed by atoms with Crippen LogP contribution < -0.4 is 9.64 Å². The van der Waals surface area contributed by atoms with E-state index in [1.54, 1.807) is 4.90 Å². The van der Waals surface area contributed by atoms with Crippen molar-refractivity contribution in [2.45, 2.75) is 51.7 Å². The van der Waals surface area contributed by atoms with Gasteiger partial charge in [-0.15, -0.1) is 0 Å². The maximum Gasteiger partial charge on any atom is 0.161 e. The Balaban J connectivity index is 1.52. The average molecular weight is 352 g/mol. The molecule has 0 amide bonds. The second-order valence-electron chi connectivity index (χ2n) is 7.90. The lowest BCUT2D eigenvalue weighted by Gasteiger charge is -2.42. The Morgan fingerprint density at radius 3 is 2.77 bits per heavy atom. The van der Waals surface area contributed by atoms with Crippen molar-refractivity contribution in [3.05, 3.63) is 59.2 Å². The predicted molar refractivity (Wildman–Crippen MR) is 104 cm³/mol. The predicted octanol–water partition coefficient (Wildman–Crippen LogP) is 3.14. The first-order valence-corrected chi connectivity index (χ1v) is 10.1. The maximum absolute atomic E-state index is 10.8. The summed E-state index contributed by atoms with van der Waals surface area (Å²) in [5.41, 5.74) is 3.58. The second kappa shape index (κ2) is 7.71. The summed E-state index contributed by atoms with van der Waals surface area (Å²) in [7, 11) is 0. The van der Waals surface area contributed by atoms with Crippen LogP contribution in [-0.2, 0) is 19.4 Å². The van der Waals surface area contributed by atoms with E-state index in [-0.39, 0.29) is 0 Å². The molecule has 3 nitrogen and oxygen atoms in total. The summed E-state index contributed by atoms with van der Waals surface area (Å²) >= 11 is 0. The van der Waals surface area contributed by atoms with Crippen molar-refractivity contribution in [2.24, 2.45) is 5.92 Å². The lowest BCUT2D eigenvalue weighted by molar-refractivity contribution is -0.935. The molecule has 4 rings (SSSR count). The van der Waals surface area contributed by atoms with Gasteiger partial charge in [0.15, 0.2) is 11.5 Å². The Hall–Kier alpha value is -2.00. The number of hydrogen-bond acceptors (Lipinski definition) is 2. The third-order valence-corrected chi connectivity index (χ3v) is 6.22. The van der Waals surface area contributed by atoms with Gasteiger partial charge in [-0.3, -0.25) is 0 Å². The summed E-state index contributed by atoms with van der Waals surface area (Å²) in [5, 5.41) is 10.8. The highest BCUT2D eigenvalue weighted by Gasteiger charge is 2.39. The van der Waals surface area contributed by atoms with Crippen LogP contribution in [0.2, 0.25) is 0 Å². The molecule has 0 spiro atoms. The van der Waals surface area contributed by atoms with Gasteiger partial charge in [-0.1, -0.05) is 43.3 Å². The molecule has 138 valence electrons. The van der Waals surface area contributed by atoms with E-state index in [2.05, 4.69) is 13.0 Å². The molecule has 26 heavy (non-hydrogen) atoms. The van der Waals surface area contributed by atoms with Gasteiger partial charge in [0.25, 0.3) is 0 Å². The van der Waals surface area contributed by atoms with Crippen molar-refractivity contribution in [3.63, 3.8) is 0 Å².